The van der Waals surface area contributed by atoms with E-state index in [1.54, 1.807) is 4.90 Å². The molecule has 0 bridgehead atoms. The number of carbonyl (C=O) groups excluding carboxylic acids is 3. The van der Waals surface area contributed by atoms with E-state index in [1.165, 1.54) is 4.90 Å². The Bertz CT molecular complexity index is 197. The number of rotatable bonds is 2. The average Bonchev–Trinajstić information content (AvgIpc) is 2.17. The van der Waals surface area contributed by atoms with Crippen molar-refractivity contribution in [2.45, 2.75) is 0 Å². The van der Waals surface area contributed by atoms with Gasteiger partial charge in [-0.1, -0.05) is 0 Å². The number of piperazine rings is 1. The van der Waals surface area contributed by atoms with Crippen LogP contribution < -0.4 is 0 Å². The fourth-order valence-electron chi connectivity index (χ4n) is 1.12. The summed E-state index contributed by atoms with van der Waals surface area (Å²) in [6.07, 6.45) is 1.05. The minimum Gasteiger partial charge on any atom is -0.342 e. The van der Waals surface area contributed by atoms with Gasteiger partial charge in [0.05, 0.1) is 0 Å². The quantitative estimate of drug-likeness (QED) is 0.374. The molecule has 0 aliphatic carbocycles. The molecule has 1 fully saturated rings. The Labute approximate surface area is 69.9 Å². The highest BCUT2D eigenvalue weighted by atomic mass is 16.2. The number of hydrogen-bond donors (Lipinski definition) is 0. The third-order valence-electron chi connectivity index (χ3n) is 1.88. The Hall–Kier alpha value is -1.39. The molecule has 5 heteroatoms. The maximum absolute atomic E-state index is 10.8. The van der Waals surface area contributed by atoms with E-state index in [-0.39, 0.29) is 0 Å². The number of aldehydes is 1. The van der Waals surface area contributed by atoms with Crippen molar-refractivity contribution >= 4 is 18.6 Å². The molecule has 0 N–H and O–H groups in total. The molecular formula is C7H10N2O3. The van der Waals surface area contributed by atoms with Crippen molar-refractivity contribution in [3.63, 3.8) is 0 Å². The van der Waals surface area contributed by atoms with Gasteiger partial charge in [0, 0.05) is 26.2 Å². The summed E-state index contributed by atoms with van der Waals surface area (Å²) < 4.78 is 0. The standard InChI is InChI=1S/C7H10N2O3/c10-5-7(12)9-3-1-8(6-11)2-4-9/h5-6H,1-4H2. The van der Waals surface area contributed by atoms with E-state index in [1.807, 2.05) is 0 Å². The molecule has 0 radical (unpaired) electrons. The van der Waals surface area contributed by atoms with Crippen LogP contribution in [0.1, 0.15) is 0 Å². The summed E-state index contributed by atoms with van der Waals surface area (Å²) in [5.74, 6) is -0.499. The molecule has 0 aromatic carbocycles. The van der Waals surface area contributed by atoms with Gasteiger partial charge >= 0.3 is 0 Å². The average molecular weight is 170 g/mol. The van der Waals surface area contributed by atoms with Gasteiger partial charge in [0.2, 0.25) is 12.7 Å². The molecule has 0 unspecified atom stereocenters. The Morgan fingerprint density at radius 1 is 1.08 bits per heavy atom. The lowest BCUT2D eigenvalue weighted by Crippen LogP contribution is -2.48. The third-order valence-corrected chi connectivity index (χ3v) is 1.88. The van der Waals surface area contributed by atoms with Crippen molar-refractivity contribution in [2.75, 3.05) is 26.2 Å². The summed E-state index contributed by atoms with van der Waals surface area (Å²) in [6, 6.07) is 0. The maximum Gasteiger partial charge on any atom is 0.286 e. The first-order valence-corrected chi connectivity index (χ1v) is 3.71. The van der Waals surface area contributed by atoms with E-state index in [2.05, 4.69) is 0 Å². The second-order valence-corrected chi connectivity index (χ2v) is 2.58. The van der Waals surface area contributed by atoms with Crippen LogP contribution in [0.2, 0.25) is 0 Å². The highest BCUT2D eigenvalue weighted by Gasteiger charge is 2.18. The molecule has 1 rings (SSSR count). The summed E-state index contributed by atoms with van der Waals surface area (Å²) in [5.41, 5.74) is 0. The first-order valence-electron chi connectivity index (χ1n) is 3.71. The van der Waals surface area contributed by atoms with Crippen LogP contribution >= 0.6 is 0 Å². The molecule has 5 nitrogen and oxygen atoms in total. The lowest BCUT2D eigenvalue weighted by atomic mass is 10.3. The first-order chi connectivity index (χ1) is 5.77. The molecule has 2 amide bonds. The molecule has 1 saturated heterocycles. The first kappa shape index (κ1) is 8.70. The van der Waals surface area contributed by atoms with Crippen LogP contribution in [0.5, 0.6) is 0 Å². The minimum atomic E-state index is -0.499. The molecule has 0 saturated carbocycles. The highest BCUT2D eigenvalue weighted by molar-refractivity contribution is 6.23. The van der Waals surface area contributed by atoms with Crippen LogP contribution in [0.3, 0.4) is 0 Å². The lowest BCUT2D eigenvalue weighted by Gasteiger charge is -2.31. The molecule has 0 aromatic heterocycles. The summed E-state index contributed by atoms with van der Waals surface area (Å²) in [6.45, 7) is 1.94. The van der Waals surface area contributed by atoms with Gasteiger partial charge in [-0.05, 0) is 0 Å². The van der Waals surface area contributed by atoms with Gasteiger partial charge in [0.25, 0.3) is 5.91 Å². The molecule has 0 aromatic rings. The van der Waals surface area contributed by atoms with Crippen molar-refractivity contribution < 1.29 is 14.4 Å². The minimum absolute atomic E-state index is 0.302. The fourth-order valence-corrected chi connectivity index (χ4v) is 1.12. The van der Waals surface area contributed by atoms with Gasteiger partial charge in [-0.2, -0.15) is 0 Å². The zero-order valence-electron chi connectivity index (χ0n) is 6.60. The van der Waals surface area contributed by atoms with Crippen LogP contribution in [0, 0.1) is 0 Å². The van der Waals surface area contributed by atoms with Gasteiger partial charge in [-0.3, -0.25) is 14.4 Å². The molecule has 0 atom stereocenters. The zero-order valence-corrected chi connectivity index (χ0v) is 6.60. The van der Waals surface area contributed by atoms with Crippen LogP contribution in [-0.2, 0) is 14.4 Å². The van der Waals surface area contributed by atoms with Crippen LogP contribution in [0.25, 0.3) is 0 Å². The number of carbonyl (C=O) groups is 3. The monoisotopic (exact) mass is 170 g/mol. The normalized spacial score (nSPS) is 17.3. The molecule has 1 aliphatic heterocycles. The van der Waals surface area contributed by atoms with Crippen molar-refractivity contribution in [2.24, 2.45) is 0 Å². The Morgan fingerprint density at radius 3 is 2.08 bits per heavy atom. The Balaban J connectivity index is 2.40. The predicted molar refractivity (Wildman–Crippen MR) is 40.3 cm³/mol. The van der Waals surface area contributed by atoms with E-state index in [9.17, 15) is 14.4 Å². The SMILES string of the molecule is O=CC(=O)N1CCN(C=O)CC1. The van der Waals surface area contributed by atoms with Crippen LogP contribution in [-0.4, -0.2) is 54.6 Å². The lowest BCUT2D eigenvalue weighted by molar-refractivity contribution is -0.140. The van der Waals surface area contributed by atoms with E-state index >= 15 is 0 Å². The summed E-state index contributed by atoms with van der Waals surface area (Å²) in [5, 5.41) is 0. The predicted octanol–water partition coefficient (Wildman–Crippen LogP) is -1.51. The third kappa shape index (κ3) is 1.81. The largest absolute Gasteiger partial charge is 0.342 e. The van der Waals surface area contributed by atoms with E-state index < -0.39 is 5.91 Å². The highest BCUT2D eigenvalue weighted by Crippen LogP contribution is 1.98. The zero-order chi connectivity index (χ0) is 8.97. The summed E-state index contributed by atoms with van der Waals surface area (Å²) in [4.78, 5) is 34.2. The fraction of sp³-hybridized carbons (Fsp3) is 0.571. The molecule has 1 heterocycles. The van der Waals surface area contributed by atoms with Crippen molar-refractivity contribution in [1.29, 1.82) is 0 Å². The van der Waals surface area contributed by atoms with E-state index in [0.29, 0.717) is 32.5 Å². The van der Waals surface area contributed by atoms with Crippen molar-refractivity contribution in [3.8, 4) is 0 Å². The van der Waals surface area contributed by atoms with Gasteiger partial charge in [-0.25, -0.2) is 0 Å². The number of hydrogen-bond acceptors (Lipinski definition) is 3. The second-order valence-electron chi connectivity index (χ2n) is 2.58. The van der Waals surface area contributed by atoms with Crippen LogP contribution in [0.15, 0.2) is 0 Å². The number of amides is 2. The van der Waals surface area contributed by atoms with Gasteiger partial charge in [-0.15, -0.1) is 0 Å². The maximum atomic E-state index is 10.8. The molecule has 0 spiro atoms. The van der Waals surface area contributed by atoms with Crippen molar-refractivity contribution in [3.05, 3.63) is 0 Å². The van der Waals surface area contributed by atoms with Crippen LogP contribution in [0.4, 0.5) is 0 Å². The Morgan fingerprint density at radius 2 is 1.67 bits per heavy atom. The van der Waals surface area contributed by atoms with E-state index in [4.69, 9.17) is 0 Å². The van der Waals surface area contributed by atoms with Gasteiger partial charge < -0.3 is 9.80 Å². The van der Waals surface area contributed by atoms with Gasteiger partial charge in [0.15, 0.2) is 0 Å². The Kier molecular flexibility index (Phi) is 2.79. The molecule has 12 heavy (non-hydrogen) atoms. The number of nitrogens with zero attached hydrogens (tertiary/aromatic N) is 2. The summed E-state index contributed by atoms with van der Waals surface area (Å²) >= 11 is 0. The molecule has 66 valence electrons. The molecule has 1 aliphatic rings. The van der Waals surface area contributed by atoms with Crippen molar-refractivity contribution in [1.82, 2.24) is 9.80 Å². The topological polar surface area (TPSA) is 57.7 Å². The van der Waals surface area contributed by atoms with E-state index in [0.717, 1.165) is 6.41 Å². The molecular weight excluding hydrogens is 160 g/mol. The summed E-state index contributed by atoms with van der Waals surface area (Å²) in [7, 11) is 0. The smallest absolute Gasteiger partial charge is 0.286 e. The second kappa shape index (κ2) is 3.85. The van der Waals surface area contributed by atoms with Gasteiger partial charge in [0.1, 0.15) is 0 Å².